The number of amides is 1. The Morgan fingerprint density at radius 3 is 2.74 bits per heavy atom. The highest BCUT2D eigenvalue weighted by Crippen LogP contribution is 2.24. The van der Waals surface area contributed by atoms with Crippen molar-refractivity contribution in [2.75, 3.05) is 31.2 Å². The van der Waals surface area contributed by atoms with E-state index < -0.39 is 0 Å². The normalized spacial score (nSPS) is 16.6. The molecular formula is C20H19N5O2. The summed E-state index contributed by atoms with van der Waals surface area (Å²) in [7, 11) is 0. The van der Waals surface area contributed by atoms with E-state index in [2.05, 4.69) is 14.9 Å². The van der Waals surface area contributed by atoms with Crippen LogP contribution in [0.3, 0.4) is 0 Å². The number of hydrogen-bond donors (Lipinski definition) is 0. The van der Waals surface area contributed by atoms with Gasteiger partial charge in [0.15, 0.2) is 0 Å². The second-order valence-corrected chi connectivity index (χ2v) is 6.79. The van der Waals surface area contributed by atoms with Crippen molar-refractivity contribution in [3.63, 3.8) is 0 Å². The second-order valence-electron chi connectivity index (χ2n) is 6.79. The number of fused-ring (bicyclic) bond motifs is 2. The number of hydrogen-bond acceptors (Lipinski definition) is 6. The number of anilines is 1. The average molecular weight is 361 g/mol. The van der Waals surface area contributed by atoms with Crippen LogP contribution in [0.5, 0.6) is 0 Å². The molecule has 0 unspecified atom stereocenters. The molecule has 0 saturated carbocycles. The minimum absolute atomic E-state index is 0.0772. The van der Waals surface area contributed by atoms with Gasteiger partial charge in [-0.15, -0.1) is 0 Å². The summed E-state index contributed by atoms with van der Waals surface area (Å²) in [5.41, 5.74) is 3.21. The van der Waals surface area contributed by atoms with Gasteiger partial charge < -0.3 is 14.5 Å². The van der Waals surface area contributed by atoms with Crippen molar-refractivity contribution in [3.05, 3.63) is 59.5 Å². The summed E-state index contributed by atoms with van der Waals surface area (Å²) in [5, 5.41) is 1.03. The van der Waals surface area contributed by atoms with Crippen LogP contribution in [0, 0.1) is 0 Å². The van der Waals surface area contributed by atoms with Crippen molar-refractivity contribution in [2.45, 2.75) is 13.1 Å². The molecule has 3 aromatic rings. The Morgan fingerprint density at radius 2 is 1.85 bits per heavy atom. The van der Waals surface area contributed by atoms with Crippen LogP contribution in [0.1, 0.15) is 21.7 Å². The fourth-order valence-corrected chi connectivity index (χ4v) is 3.55. The van der Waals surface area contributed by atoms with Crippen LogP contribution < -0.4 is 4.90 Å². The van der Waals surface area contributed by atoms with Gasteiger partial charge in [-0.3, -0.25) is 4.79 Å². The van der Waals surface area contributed by atoms with Crippen molar-refractivity contribution in [2.24, 2.45) is 0 Å². The van der Waals surface area contributed by atoms with Crippen molar-refractivity contribution in [3.8, 4) is 0 Å². The average Bonchev–Trinajstić information content (AvgIpc) is 3.17. The first kappa shape index (κ1) is 16.1. The van der Waals surface area contributed by atoms with Gasteiger partial charge >= 0.3 is 0 Å². The highest BCUT2D eigenvalue weighted by atomic mass is 16.5. The van der Waals surface area contributed by atoms with E-state index in [1.54, 1.807) is 11.0 Å². The van der Waals surface area contributed by atoms with E-state index in [9.17, 15) is 4.79 Å². The van der Waals surface area contributed by atoms with Crippen LogP contribution >= 0.6 is 0 Å². The summed E-state index contributed by atoms with van der Waals surface area (Å²) in [6.45, 7) is 3.98. The van der Waals surface area contributed by atoms with E-state index in [-0.39, 0.29) is 5.91 Å². The molecule has 0 radical (unpaired) electrons. The smallest absolute Gasteiger partial charge is 0.273 e. The zero-order valence-corrected chi connectivity index (χ0v) is 14.8. The summed E-state index contributed by atoms with van der Waals surface area (Å²) < 4.78 is 5.38. The van der Waals surface area contributed by atoms with E-state index in [4.69, 9.17) is 9.72 Å². The fourth-order valence-electron chi connectivity index (χ4n) is 3.55. The maximum atomic E-state index is 12.9. The van der Waals surface area contributed by atoms with Gasteiger partial charge in [0, 0.05) is 36.8 Å². The first-order valence-electron chi connectivity index (χ1n) is 9.10. The zero-order valence-electron chi connectivity index (χ0n) is 14.8. The Hall–Kier alpha value is -3.06. The molecule has 0 spiro atoms. The fraction of sp³-hybridized carbons (Fsp3) is 0.300. The minimum atomic E-state index is -0.0772. The van der Waals surface area contributed by atoms with E-state index in [1.807, 2.05) is 36.5 Å². The first-order chi connectivity index (χ1) is 13.3. The predicted molar refractivity (Wildman–Crippen MR) is 100 cm³/mol. The minimum Gasteiger partial charge on any atom is -0.378 e. The van der Waals surface area contributed by atoms with Crippen molar-refractivity contribution < 1.29 is 9.53 Å². The summed E-state index contributed by atoms with van der Waals surface area (Å²) in [6, 6.07) is 11.5. The summed E-state index contributed by atoms with van der Waals surface area (Å²) in [5.74, 6) is 0.641. The number of carbonyl (C=O) groups is 1. The van der Waals surface area contributed by atoms with Crippen molar-refractivity contribution >= 4 is 22.8 Å². The van der Waals surface area contributed by atoms with E-state index in [0.29, 0.717) is 32.0 Å². The van der Waals surface area contributed by atoms with Gasteiger partial charge in [-0.25, -0.2) is 15.0 Å². The number of morpholine rings is 1. The lowest BCUT2D eigenvalue weighted by Crippen LogP contribution is -2.37. The van der Waals surface area contributed by atoms with Crippen LogP contribution in [-0.2, 0) is 17.8 Å². The molecule has 2 aliphatic rings. The van der Waals surface area contributed by atoms with Crippen LogP contribution in [0.4, 0.5) is 5.95 Å². The van der Waals surface area contributed by atoms with Crippen molar-refractivity contribution in [1.82, 2.24) is 19.9 Å². The van der Waals surface area contributed by atoms with Crippen LogP contribution in [-0.4, -0.2) is 52.1 Å². The molecule has 0 bridgehead atoms. The Labute approximate surface area is 156 Å². The van der Waals surface area contributed by atoms with Gasteiger partial charge in [0.25, 0.3) is 5.91 Å². The van der Waals surface area contributed by atoms with E-state index in [0.717, 1.165) is 41.2 Å². The quantitative estimate of drug-likeness (QED) is 0.695. The number of carbonyl (C=O) groups excluding carboxylic acids is 1. The molecule has 1 aromatic carbocycles. The standard InChI is InChI=1S/C20H19N5O2/c26-19(17-6-5-14-3-1-2-4-16(14)22-17)25-12-15-11-21-20(23-18(15)13-25)24-7-9-27-10-8-24/h1-6,11H,7-10,12-13H2. The first-order valence-corrected chi connectivity index (χ1v) is 9.10. The van der Waals surface area contributed by atoms with Crippen LogP contribution in [0.2, 0.25) is 0 Å². The SMILES string of the molecule is O=C(c1ccc2ccccc2n1)N1Cc2cnc(N3CCOCC3)nc2C1. The molecule has 7 heteroatoms. The van der Waals surface area contributed by atoms with Gasteiger partial charge in [0.05, 0.1) is 31.0 Å². The molecule has 27 heavy (non-hydrogen) atoms. The molecule has 4 heterocycles. The largest absolute Gasteiger partial charge is 0.378 e. The highest BCUT2D eigenvalue weighted by molar-refractivity contribution is 5.95. The lowest BCUT2D eigenvalue weighted by Gasteiger charge is -2.26. The number of nitrogens with zero attached hydrogens (tertiary/aromatic N) is 5. The van der Waals surface area contributed by atoms with Crippen LogP contribution in [0.25, 0.3) is 10.9 Å². The predicted octanol–water partition coefficient (Wildman–Crippen LogP) is 2.02. The molecule has 2 aromatic heterocycles. The molecule has 1 amide bonds. The Bertz CT molecular complexity index is 1020. The van der Waals surface area contributed by atoms with Crippen LogP contribution in [0.15, 0.2) is 42.6 Å². The van der Waals surface area contributed by atoms with E-state index in [1.165, 1.54) is 0 Å². The lowest BCUT2D eigenvalue weighted by atomic mass is 10.2. The molecule has 1 fully saturated rings. The van der Waals surface area contributed by atoms with Crippen molar-refractivity contribution in [1.29, 1.82) is 0 Å². The van der Waals surface area contributed by atoms with E-state index >= 15 is 0 Å². The van der Waals surface area contributed by atoms with Gasteiger partial charge in [0.1, 0.15) is 5.69 Å². The molecule has 0 aliphatic carbocycles. The zero-order chi connectivity index (χ0) is 18.2. The Kier molecular flexibility index (Phi) is 3.94. The summed E-state index contributed by atoms with van der Waals surface area (Å²) in [4.78, 5) is 30.5. The maximum Gasteiger partial charge on any atom is 0.273 e. The third kappa shape index (κ3) is 3.00. The Morgan fingerprint density at radius 1 is 1.00 bits per heavy atom. The number of pyridine rings is 1. The summed E-state index contributed by atoms with van der Waals surface area (Å²) >= 11 is 0. The van der Waals surface area contributed by atoms with Gasteiger partial charge in [-0.1, -0.05) is 24.3 Å². The molecule has 1 saturated heterocycles. The molecule has 2 aliphatic heterocycles. The van der Waals surface area contributed by atoms with Gasteiger partial charge in [-0.05, 0) is 12.1 Å². The highest BCUT2D eigenvalue weighted by Gasteiger charge is 2.28. The number of benzene rings is 1. The Balaban J connectivity index is 1.37. The summed E-state index contributed by atoms with van der Waals surface area (Å²) in [6.07, 6.45) is 1.84. The third-order valence-corrected chi connectivity index (χ3v) is 5.04. The molecule has 7 nitrogen and oxygen atoms in total. The monoisotopic (exact) mass is 361 g/mol. The maximum absolute atomic E-state index is 12.9. The number of ether oxygens (including phenoxy) is 1. The van der Waals surface area contributed by atoms with Gasteiger partial charge in [-0.2, -0.15) is 0 Å². The number of rotatable bonds is 2. The number of para-hydroxylation sites is 1. The molecule has 136 valence electrons. The molecular weight excluding hydrogens is 342 g/mol. The molecule has 5 rings (SSSR count). The second kappa shape index (κ2) is 6.59. The van der Waals surface area contributed by atoms with Gasteiger partial charge in [0.2, 0.25) is 5.95 Å². The molecule has 0 N–H and O–H groups in total. The third-order valence-electron chi connectivity index (χ3n) is 5.04. The topological polar surface area (TPSA) is 71.5 Å². The molecule has 0 atom stereocenters. The lowest BCUT2D eigenvalue weighted by molar-refractivity contribution is 0.0745. The number of aromatic nitrogens is 3.